The summed E-state index contributed by atoms with van der Waals surface area (Å²) in [6.07, 6.45) is 2.02. The molecule has 1 aromatic carbocycles. The molecule has 1 N–H and O–H groups in total. The highest BCUT2D eigenvalue weighted by Gasteiger charge is 2.30. The number of nitro groups is 1. The summed E-state index contributed by atoms with van der Waals surface area (Å²) in [4.78, 5) is 9.71. The van der Waals surface area contributed by atoms with Crippen LogP contribution >= 0.6 is 0 Å². The highest BCUT2D eigenvalue weighted by atomic mass is 32.2. The highest BCUT2D eigenvalue weighted by Crippen LogP contribution is 2.33. The number of hydrogen-bond donors (Lipinski definition) is 1. The van der Waals surface area contributed by atoms with Gasteiger partial charge in [-0.25, -0.2) is 12.7 Å². The molecule has 0 spiro atoms. The molecule has 1 aliphatic carbocycles. The lowest BCUT2D eigenvalue weighted by Crippen LogP contribution is -2.28. The molecule has 1 fully saturated rings. The molecule has 7 nitrogen and oxygen atoms in total. The zero-order chi connectivity index (χ0) is 14.2. The third kappa shape index (κ3) is 2.85. The van der Waals surface area contributed by atoms with Crippen molar-refractivity contribution in [3.63, 3.8) is 0 Å². The van der Waals surface area contributed by atoms with Crippen LogP contribution in [0.5, 0.6) is 5.75 Å². The average Bonchev–Trinajstić information content (AvgIpc) is 3.12. The van der Waals surface area contributed by atoms with E-state index in [1.54, 1.807) is 0 Å². The molecular weight excluding hydrogens is 272 g/mol. The number of aromatic hydroxyl groups is 1. The molecule has 0 aliphatic heterocycles. The summed E-state index contributed by atoms with van der Waals surface area (Å²) in [5.41, 5.74) is -0.610. The van der Waals surface area contributed by atoms with Gasteiger partial charge in [0.15, 0.2) is 5.75 Å². The molecule has 0 radical (unpaired) electrons. The first-order valence-corrected chi connectivity index (χ1v) is 7.20. The van der Waals surface area contributed by atoms with Crippen LogP contribution in [0.25, 0.3) is 0 Å². The van der Waals surface area contributed by atoms with Crippen molar-refractivity contribution < 1.29 is 18.4 Å². The second-order valence-electron chi connectivity index (χ2n) is 4.64. The van der Waals surface area contributed by atoms with Crippen LogP contribution in [0.15, 0.2) is 23.1 Å². The van der Waals surface area contributed by atoms with E-state index < -0.39 is 26.4 Å². The summed E-state index contributed by atoms with van der Waals surface area (Å²) in [6.45, 7) is 0.414. The normalized spacial score (nSPS) is 15.7. The van der Waals surface area contributed by atoms with Crippen molar-refractivity contribution in [2.45, 2.75) is 17.7 Å². The molecule has 0 atom stereocenters. The van der Waals surface area contributed by atoms with Gasteiger partial charge in [-0.15, -0.1) is 0 Å². The number of nitrogens with zero attached hydrogens (tertiary/aromatic N) is 2. The van der Waals surface area contributed by atoms with Gasteiger partial charge in [-0.2, -0.15) is 0 Å². The van der Waals surface area contributed by atoms with Crippen LogP contribution in [-0.2, 0) is 10.0 Å². The van der Waals surface area contributed by atoms with Crippen LogP contribution in [-0.4, -0.2) is 36.3 Å². The zero-order valence-electron chi connectivity index (χ0n) is 10.3. The van der Waals surface area contributed by atoms with Gasteiger partial charge in [0.1, 0.15) is 0 Å². The Morgan fingerprint density at radius 3 is 2.63 bits per heavy atom. The van der Waals surface area contributed by atoms with Gasteiger partial charge in [0.25, 0.3) is 0 Å². The molecule has 19 heavy (non-hydrogen) atoms. The molecule has 1 aliphatic rings. The van der Waals surface area contributed by atoms with E-state index in [0.29, 0.717) is 12.5 Å². The van der Waals surface area contributed by atoms with Crippen molar-refractivity contribution in [1.29, 1.82) is 0 Å². The lowest BCUT2D eigenvalue weighted by molar-refractivity contribution is -0.386. The molecule has 2 rings (SSSR count). The van der Waals surface area contributed by atoms with Crippen LogP contribution in [0.2, 0.25) is 0 Å². The Morgan fingerprint density at radius 1 is 1.47 bits per heavy atom. The van der Waals surface area contributed by atoms with Crippen molar-refractivity contribution in [3.8, 4) is 5.75 Å². The molecular formula is C11H14N2O5S. The molecule has 104 valence electrons. The topological polar surface area (TPSA) is 101 Å². The summed E-state index contributed by atoms with van der Waals surface area (Å²) in [5.74, 6) is -0.166. The van der Waals surface area contributed by atoms with Gasteiger partial charge in [-0.3, -0.25) is 10.1 Å². The van der Waals surface area contributed by atoms with Gasteiger partial charge in [-0.05, 0) is 30.9 Å². The maximum absolute atomic E-state index is 12.2. The van der Waals surface area contributed by atoms with E-state index >= 15 is 0 Å². The smallest absolute Gasteiger partial charge is 0.312 e. The van der Waals surface area contributed by atoms with Gasteiger partial charge in [-0.1, -0.05) is 0 Å². The maximum Gasteiger partial charge on any atom is 0.312 e. The Bertz CT molecular complexity index is 610. The standard InChI is InChI=1S/C11H14N2O5S/c1-12(7-8-2-3-8)19(17,18)9-4-5-11(14)10(6-9)13(15)16/h4-6,8,14H,2-3,7H2,1H3. The van der Waals surface area contributed by atoms with Crippen molar-refractivity contribution >= 4 is 15.7 Å². The molecule has 1 aromatic rings. The Kier molecular flexibility index (Phi) is 3.46. The number of rotatable bonds is 5. The second kappa shape index (κ2) is 4.78. The molecule has 0 aromatic heterocycles. The summed E-state index contributed by atoms with van der Waals surface area (Å²) >= 11 is 0. The van der Waals surface area contributed by atoms with Gasteiger partial charge in [0, 0.05) is 19.7 Å². The fourth-order valence-corrected chi connectivity index (χ4v) is 3.02. The van der Waals surface area contributed by atoms with E-state index in [1.807, 2.05) is 0 Å². The lowest BCUT2D eigenvalue weighted by Gasteiger charge is -2.16. The number of nitro benzene ring substituents is 1. The van der Waals surface area contributed by atoms with E-state index in [0.717, 1.165) is 25.0 Å². The summed E-state index contributed by atoms with van der Waals surface area (Å²) in [7, 11) is -2.30. The third-order valence-electron chi connectivity index (χ3n) is 3.06. The fourth-order valence-electron chi connectivity index (χ4n) is 1.75. The molecule has 0 bridgehead atoms. The van der Waals surface area contributed by atoms with Crippen LogP contribution in [0, 0.1) is 16.0 Å². The number of phenolic OH excluding ortho intramolecular Hbond substituents is 1. The SMILES string of the molecule is CN(CC1CC1)S(=O)(=O)c1ccc(O)c([N+](=O)[O-])c1. The Balaban J connectivity index is 2.34. The highest BCUT2D eigenvalue weighted by molar-refractivity contribution is 7.89. The minimum atomic E-state index is -3.75. The minimum absolute atomic E-state index is 0.180. The van der Waals surface area contributed by atoms with Crippen LogP contribution < -0.4 is 0 Å². The van der Waals surface area contributed by atoms with Crippen molar-refractivity contribution in [2.75, 3.05) is 13.6 Å². The monoisotopic (exact) mass is 286 g/mol. The fraction of sp³-hybridized carbons (Fsp3) is 0.455. The Labute approximate surface area is 110 Å². The van der Waals surface area contributed by atoms with Gasteiger partial charge in [0.05, 0.1) is 9.82 Å². The second-order valence-corrected chi connectivity index (χ2v) is 6.68. The lowest BCUT2D eigenvalue weighted by atomic mass is 10.3. The molecule has 0 saturated heterocycles. The molecule has 0 heterocycles. The van der Waals surface area contributed by atoms with E-state index in [-0.39, 0.29) is 4.90 Å². The summed E-state index contributed by atoms with van der Waals surface area (Å²) in [5, 5.41) is 20.0. The number of hydrogen-bond acceptors (Lipinski definition) is 5. The largest absolute Gasteiger partial charge is 0.502 e. The quantitative estimate of drug-likeness (QED) is 0.650. The van der Waals surface area contributed by atoms with Gasteiger partial charge >= 0.3 is 5.69 Å². The number of phenols is 1. The first-order chi connectivity index (χ1) is 8.82. The first-order valence-electron chi connectivity index (χ1n) is 5.76. The summed E-state index contributed by atoms with van der Waals surface area (Å²) in [6, 6.07) is 3.07. The average molecular weight is 286 g/mol. The molecule has 0 unspecified atom stereocenters. The molecule has 8 heteroatoms. The van der Waals surface area contributed by atoms with E-state index in [1.165, 1.54) is 17.4 Å². The Morgan fingerprint density at radius 2 is 2.11 bits per heavy atom. The van der Waals surface area contributed by atoms with Crippen molar-refractivity contribution in [1.82, 2.24) is 4.31 Å². The first kappa shape index (κ1) is 13.8. The van der Waals surface area contributed by atoms with Crippen LogP contribution in [0.4, 0.5) is 5.69 Å². The van der Waals surface area contributed by atoms with E-state index in [4.69, 9.17) is 0 Å². The van der Waals surface area contributed by atoms with Crippen LogP contribution in [0.1, 0.15) is 12.8 Å². The predicted molar refractivity (Wildman–Crippen MR) is 67.3 cm³/mol. The van der Waals surface area contributed by atoms with E-state index in [2.05, 4.69) is 0 Å². The van der Waals surface area contributed by atoms with Crippen molar-refractivity contribution in [3.05, 3.63) is 28.3 Å². The van der Waals surface area contributed by atoms with E-state index in [9.17, 15) is 23.6 Å². The summed E-state index contributed by atoms with van der Waals surface area (Å²) < 4.78 is 25.6. The minimum Gasteiger partial charge on any atom is -0.502 e. The third-order valence-corrected chi connectivity index (χ3v) is 4.88. The number of sulfonamides is 1. The zero-order valence-corrected chi connectivity index (χ0v) is 11.1. The Hall–Kier alpha value is -1.67. The predicted octanol–water partition coefficient (Wildman–Crippen LogP) is 1.33. The van der Waals surface area contributed by atoms with Gasteiger partial charge < -0.3 is 5.11 Å². The molecule has 0 amide bonds. The van der Waals surface area contributed by atoms with Crippen LogP contribution in [0.3, 0.4) is 0 Å². The molecule has 1 saturated carbocycles. The number of benzene rings is 1. The maximum atomic E-state index is 12.2. The van der Waals surface area contributed by atoms with Gasteiger partial charge in [0.2, 0.25) is 10.0 Å². The van der Waals surface area contributed by atoms with Crippen molar-refractivity contribution in [2.24, 2.45) is 5.92 Å².